The molecule has 0 saturated carbocycles. The molecule has 7 heteroatoms. The van der Waals surface area contributed by atoms with Gasteiger partial charge in [-0.2, -0.15) is 13.2 Å². The zero-order valence-electron chi connectivity index (χ0n) is 7.22. The molecular formula is C8H5ClF3N3. The van der Waals surface area contributed by atoms with E-state index in [1.807, 2.05) is 0 Å². The van der Waals surface area contributed by atoms with E-state index in [9.17, 15) is 13.2 Å². The van der Waals surface area contributed by atoms with Crippen molar-refractivity contribution in [3.05, 3.63) is 29.2 Å². The maximum absolute atomic E-state index is 12.5. The van der Waals surface area contributed by atoms with Crippen LogP contribution in [0.25, 0.3) is 5.52 Å². The highest BCUT2D eigenvalue weighted by Gasteiger charge is 2.37. The third-order valence-corrected chi connectivity index (χ3v) is 2.20. The third-order valence-electron chi connectivity index (χ3n) is 1.90. The van der Waals surface area contributed by atoms with Gasteiger partial charge >= 0.3 is 6.18 Å². The van der Waals surface area contributed by atoms with Crippen molar-refractivity contribution in [3.63, 3.8) is 0 Å². The zero-order chi connectivity index (χ0) is 11.2. The number of pyridine rings is 1. The van der Waals surface area contributed by atoms with Crippen LogP contribution in [0.3, 0.4) is 0 Å². The lowest BCUT2D eigenvalue weighted by Crippen LogP contribution is -2.10. The molecule has 2 heterocycles. The van der Waals surface area contributed by atoms with Gasteiger partial charge in [0.1, 0.15) is 5.52 Å². The van der Waals surface area contributed by atoms with Crippen molar-refractivity contribution in [1.29, 1.82) is 0 Å². The predicted molar refractivity (Wildman–Crippen MR) is 49.6 cm³/mol. The summed E-state index contributed by atoms with van der Waals surface area (Å²) >= 11 is 5.72. The molecule has 15 heavy (non-hydrogen) atoms. The fraction of sp³-hybridized carbons (Fsp3) is 0.125. The summed E-state index contributed by atoms with van der Waals surface area (Å²) in [5.74, 6) is -1.30. The summed E-state index contributed by atoms with van der Waals surface area (Å²) in [6, 6.07) is 2.85. The SMILES string of the molecule is Nc1nc(C(F)(F)F)n2cccc(Cl)c12. The highest BCUT2D eigenvalue weighted by Crippen LogP contribution is 2.33. The zero-order valence-corrected chi connectivity index (χ0v) is 7.97. The number of nitrogen functional groups attached to an aromatic ring is 1. The van der Waals surface area contributed by atoms with Crippen LogP contribution in [0.2, 0.25) is 5.02 Å². The number of hydrogen-bond acceptors (Lipinski definition) is 2. The molecule has 0 aliphatic rings. The van der Waals surface area contributed by atoms with Gasteiger partial charge in [0.2, 0.25) is 5.82 Å². The molecule has 2 N–H and O–H groups in total. The standard InChI is InChI=1S/C8H5ClF3N3/c9-4-2-1-3-15-5(4)6(13)14-7(15)8(10,11)12/h1-3H,13H2. The van der Waals surface area contributed by atoms with E-state index in [4.69, 9.17) is 17.3 Å². The van der Waals surface area contributed by atoms with Gasteiger partial charge in [-0.3, -0.25) is 4.40 Å². The van der Waals surface area contributed by atoms with E-state index in [0.29, 0.717) is 0 Å². The number of alkyl halides is 3. The molecular weight excluding hydrogens is 231 g/mol. The number of imidazole rings is 1. The number of nitrogens with zero attached hydrogens (tertiary/aromatic N) is 2. The summed E-state index contributed by atoms with van der Waals surface area (Å²) in [5, 5.41) is 0.137. The number of hydrogen-bond donors (Lipinski definition) is 1. The lowest BCUT2D eigenvalue weighted by molar-refractivity contribution is -0.145. The van der Waals surface area contributed by atoms with Crippen molar-refractivity contribution in [2.45, 2.75) is 6.18 Å². The van der Waals surface area contributed by atoms with Crippen LogP contribution in [0, 0.1) is 0 Å². The average molecular weight is 236 g/mol. The molecule has 2 aromatic heterocycles. The predicted octanol–water partition coefficient (Wildman–Crippen LogP) is 2.59. The minimum atomic E-state index is -4.55. The molecule has 0 fully saturated rings. The van der Waals surface area contributed by atoms with E-state index in [2.05, 4.69) is 4.98 Å². The first-order valence-corrected chi connectivity index (χ1v) is 4.28. The van der Waals surface area contributed by atoms with Gasteiger partial charge in [0.25, 0.3) is 0 Å². The van der Waals surface area contributed by atoms with E-state index in [1.165, 1.54) is 18.3 Å². The van der Waals surface area contributed by atoms with E-state index in [-0.39, 0.29) is 16.4 Å². The maximum atomic E-state index is 12.5. The number of nitrogens with two attached hydrogens (primary N) is 1. The number of anilines is 1. The highest BCUT2D eigenvalue weighted by molar-refractivity contribution is 6.34. The molecule has 0 aliphatic carbocycles. The van der Waals surface area contributed by atoms with Gasteiger partial charge in [-0.25, -0.2) is 4.98 Å². The lowest BCUT2D eigenvalue weighted by Gasteiger charge is -2.04. The Morgan fingerprint density at radius 3 is 2.67 bits per heavy atom. The van der Waals surface area contributed by atoms with Crippen molar-refractivity contribution >= 4 is 22.9 Å². The fourth-order valence-corrected chi connectivity index (χ4v) is 1.59. The first-order chi connectivity index (χ1) is 6.91. The van der Waals surface area contributed by atoms with Gasteiger partial charge in [-0.15, -0.1) is 0 Å². The van der Waals surface area contributed by atoms with Crippen LogP contribution in [0.1, 0.15) is 5.82 Å². The Morgan fingerprint density at radius 1 is 1.40 bits per heavy atom. The van der Waals surface area contributed by atoms with Crippen LogP contribution >= 0.6 is 11.6 Å². The van der Waals surface area contributed by atoms with Gasteiger partial charge in [-0.05, 0) is 12.1 Å². The van der Waals surface area contributed by atoms with Gasteiger partial charge in [0, 0.05) is 6.20 Å². The summed E-state index contributed by atoms with van der Waals surface area (Å²) < 4.78 is 38.3. The van der Waals surface area contributed by atoms with Gasteiger partial charge < -0.3 is 5.73 Å². The van der Waals surface area contributed by atoms with Crippen LogP contribution < -0.4 is 5.73 Å². The van der Waals surface area contributed by atoms with Crippen LogP contribution in [0.5, 0.6) is 0 Å². The molecule has 0 aromatic carbocycles. The van der Waals surface area contributed by atoms with Gasteiger partial charge in [0.15, 0.2) is 5.82 Å². The van der Waals surface area contributed by atoms with E-state index >= 15 is 0 Å². The topological polar surface area (TPSA) is 43.3 Å². The Morgan fingerprint density at radius 2 is 2.07 bits per heavy atom. The summed E-state index contributed by atoms with van der Waals surface area (Å²) in [6.07, 6.45) is -3.33. The van der Waals surface area contributed by atoms with Crippen LogP contribution in [-0.2, 0) is 6.18 Å². The van der Waals surface area contributed by atoms with Crippen molar-refractivity contribution in [1.82, 2.24) is 9.38 Å². The Hall–Kier alpha value is -1.43. The molecule has 3 nitrogen and oxygen atoms in total. The number of halogens is 4. The van der Waals surface area contributed by atoms with Gasteiger partial charge in [-0.1, -0.05) is 11.6 Å². The molecule has 0 radical (unpaired) electrons. The third kappa shape index (κ3) is 1.50. The Balaban J connectivity index is 2.85. The Kier molecular flexibility index (Phi) is 2.04. The summed E-state index contributed by atoms with van der Waals surface area (Å²) in [5.41, 5.74) is 5.43. The second-order valence-electron chi connectivity index (χ2n) is 2.89. The number of rotatable bonds is 0. The molecule has 2 rings (SSSR count). The van der Waals surface area contributed by atoms with Crippen LogP contribution in [-0.4, -0.2) is 9.38 Å². The lowest BCUT2D eigenvalue weighted by atomic mass is 10.4. The fourth-order valence-electron chi connectivity index (χ4n) is 1.33. The summed E-state index contributed by atoms with van der Waals surface area (Å²) in [7, 11) is 0. The Labute approximate surface area is 87.3 Å². The molecule has 0 aliphatic heterocycles. The second kappa shape index (κ2) is 3.03. The van der Waals surface area contributed by atoms with Crippen LogP contribution in [0.4, 0.5) is 19.0 Å². The molecule has 0 spiro atoms. The highest BCUT2D eigenvalue weighted by atomic mass is 35.5. The quantitative estimate of drug-likeness (QED) is 0.763. The molecule has 0 bridgehead atoms. The molecule has 0 amide bonds. The molecule has 0 atom stereocenters. The maximum Gasteiger partial charge on any atom is 0.450 e. The van der Waals surface area contributed by atoms with E-state index in [0.717, 1.165) is 4.40 Å². The second-order valence-corrected chi connectivity index (χ2v) is 3.30. The largest absolute Gasteiger partial charge is 0.450 e. The van der Waals surface area contributed by atoms with Crippen molar-refractivity contribution < 1.29 is 13.2 Å². The van der Waals surface area contributed by atoms with E-state index < -0.39 is 12.0 Å². The molecule has 80 valence electrons. The van der Waals surface area contributed by atoms with Crippen LogP contribution in [0.15, 0.2) is 18.3 Å². The smallest absolute Gasteiger partial charge is 0.382 e. The summed E-state index contributed by atoms with van der Waals surface area (Å²) in [4.78, 5) is 3.25. The minimum absolute atomic E-state index is 0.0755. The van der Waals surface area contributed by atoms with Crippen molar-refractivity contribution in [3.8, 4) is 0 Å². The minimum Gasteiger partial charge on any atom is -0.382 e. The normalized spacial score (nSPS) is 12.3. The summed E-state index contributed by atoms with van der Waals surface area (Å²) in [6.45, 7) is 0. The van der Waals surface area contributed by atoms with Crippen molar-refractivity contribution in [2.75, 3.05) is 5.73 Å². The number of fused-ring (bicyclic) bond motifs is 1. The van der Waals surface area contributed by atoms with Crippen molar-refractivity contribution in [2.24, 2.45) is 0 Å². The average Bonchev–Trinajstić information content (AvgIpc) is 2.44. The molecule has 0 unspecified atom stereocenters. The first-order valence-electron chi connectivity index (χ1n) is 3.90. The number of aromatic nitrogens is 2. The van der Waals surface area contributed by atoms with Gasteiger partial charge in [0.05, 0.1) is 5.02 Å². The monoisotopic (exact) mass is 235 g/mol. The first kappa shape index (κ1) is 10.1. The van der Waals surface area contributed by atoms with E-state index in [1.54, 1.807) is 0 Å². The molecule has 2 aromatic rings. The Bertz CT molecular complexity index is 518. The molecule has 0 saturated heterocycles.